The molecule has 27 nitrogen and oxygen atoms in total. The molecule has 6 N–H and O–H groups in total. The van der Waals surface area contributed by atoms with E-state index in [-0.39, 0.29) is 86.9 Å². The number of rotatable bonds is 8. The maximum Gasteiger partial charge on any atom is 0.419 e. The van der Waals surface area contributed by atoms with Crippen molar-refractivity contribution < 1.29 is 68.6 Å². The Morgan fingerprint density at radius 3 is 1.30 bits per heavy atom. The Morgan fingerprint density at radius 1 is 0.423 bits per heavy atom. The van der Waals surface area contributed by atoms with Crippen LogP contribution in [-0.2, 0) is 33.4 Å². The number of H-pyrrole nitrogens is 3. The smallest absolute Gasteiger partial charge is 0.419 e. The van der Waals surface area contributed by atoms with Crippen molar-refractivity contribution in [3.05, 3.63) is 363 Å². The highest BCUT2D eigenvalue weighted by Gasteiger charge is 2.33. The number of nitro groups is 2. The van der Waals surface area contributed by atoms with Crippen LogP contribution in [0.4, 0.5) is 25.7 Å². The number of nitrogens with one attached hydrogen (secondary N) is 6. The molecular weight excluding hydrogens is 1800 g/mol. The Hall–Kier alpha value is -17.8. The van der Waals surface area contributed by atoms with Crippen molar-refractivity contribution >= 4 is 222 Å². The minimum atomic E-state index is -0.702. The van der Waals surface area contributed by atoms with E-state index in [0.717, 1.165) is 117 Å². The first-order chi connectivity index (χ1) is 66.5. The first kappa shape index (κ1) is 103. The van der Waals surface area contributed by atoms with Crippen LogP contribution in [0.2, 0.25) is 0 Å². The summed E-state index contributed by atoms with van der Waals surface area (Å²) >= 11 is 0. The maximum atomic E-state index is 13.0. The van der Waals surface area contributed by atoms with E-state index in [1.807, 2.05) is 221 Å². The second kappa shape index (κ2) is 44.6. The zero-order valence-corrected chi connectivity index (χ0v) is 77.7. The number of carbonyl (C=O) groups is 9. The number of nitrogens with zero attached hydrogens (tertiary/aromatic N) is 6. The lowest BCUT2D eigenvalue weighted by molar-refractivity contribution is -0.383. The quantitative estimate of drug-likeness (QED) is 0.0271. The largest absolute Gasteiger partial charge is 0.443 e. The molecule has 0 spiro atoms. The van der Waals surface area contributed by atoms with Gasteiger partial charge in [-0.1, -0.05) is 251 Å². The molecule has 142 heavy (non-hydrogen) atoms. The molecule has 719 valence electrons. The SMILES string of the molecule is C.C.CC(=O)N1CC(=O)N/C(=C\c2cn(C(=O)OC(C)(C)C)c3c2ccc2ccccc23)C1=O.CC(C)(C)OC(=O)n1cc(C=O)c2ccc3ccccc3c21.Cc1ccc2ccccc2c1[N+](=O)[O-].F.O=C1CNC(=O)/C(=C/c2c[nH]c3c2ccc2ccccc23)N1.O=Cc1c[nH]c2c1ccc1ccccc12.O=[N+]([O-])c1c(/C=C/N2CCCC2)ccc2ccccc12.[2HH].[B].c1ccc2c(c1)ccc1cc[nH]c12. The van der Waals surface area contributed by atoms with Crippen LogP contribution in [0.1, 0.15) is 121 Å². The highest BCUT2D eigenvalue weighted by molar-refractivity contribution is 6.18. The van der Waals surface area contributed by atoms with E-state index in [4.69, 9.17) is 9.47 Å². The van der Waals surface area contributed by atoms with Crippen LogP contribution in [0.5, 0.6) is 0 Å². The van der Waals surface area contributed by atoms with Crippen LogP contribution in [-0.4, -0.2) is 144 Å². The molecule has 29 heteroatoms. The number of hydrogen-bond donors (Lipinski definition) is 6. The first-order valence-corrected chi connectivity index (χ1v) is 44.7. The third kappa shape index (κ3) is 22.7. The van der Waals surface area contributed by atoms with Gasteiger partial charge >= 0.3 is 12.2 Å². The summed E-state index contributed by atoms with van der Waals surface area (Å²) < 4.78 is 13.9. The average Bonchev–Trinajstić information content (AvgIpc) is 1.61. The Kier molecular flexibility index (Phi) is 32.4. The van der Waals surface area contributed by atoms with E-state index in [0.29, 0.717) is 49.4 Å². The predicted octanol–water partition coefficient (Wildman–Crippen LogP) is 24.3. The third-order valence-corrected chi connectivity index (χ3v) is 23.5. The van der Waals surface area contributed by atoms with Crippen LogP contribution in [0.25, 0.3) is 148 Å². The summed E-state index contributed by atoms with van der Waals surface area (Å²) in [5.41, 5.74) is 7.93. The fraction of sp³-hybridized carbons (Fsp3) is 0.159. The molecule has 0 aliphatic carbocycles. The topological polar surface area (TPSA) is 358 Å². The molecule has 8 heterocycles. The van der Waals surface area contributed by atoms with Crippen LogP contribution in [0.3, 0.4) is 0 Å². The summed E-state index contributed by atoms with van der Waals surface area (Å²) in [7, 11) is 0. The van der Waals surface area contributed by atoms with Gasteiger partial charge < -0.3 is 45.3 Å². The van der Waals surface area contributed by atoms with Crippen molar-refractivity contribution in [1.29, 1.82) is 0 Å². The van der Waals surface area contributed by atoms with Gasteiger partial charge in [-0.25, -0.2) is 9.59 Å². The molecule has 0 unspecified atom stereocenters. The number of benzene rings is 14. The number of imide groups is 1. The van der Waals surface area contributed by atoms with Gasteiger partial charge in [-0.15, -0.1) is 0 Å². The minimum absolute atomic E-state index is 0. The molecule has 22 rings (SSSR count). The summed E-state index contributed by atoms with van der Waals surface area (Å²) in [4.78, 5) is 142. The predicted molar refractivity (Wildman–Crippen MR) is 568 cm³/mol. The fourth-order valence-electron chi connectivity index (χ4n) is 17.1. The number of aromatic amines is 3. The third-order valence-electron chi connectivity index (χ3n) is 23.5. The zero-order valence-electron chi connectivity index (χ0n) is 77.7. The monoisotopic (exact) mass is 1900 g/mol. The van der Waals surface area contributed by atoms with Gasteiger partial charge in [-0.3, -0.25) is 72.5 Å². The van der Waals surface area contributed by atoms with Crippen LogP contribution in [0, 0.1) is 27.2 Å². The molecule has 14 aromatic carbocycles. The van der Waals surface area contributed by atoms with E-state index in [1.165, 1.54) is 68.2 Å². The minimum Gasteiger partial charge on any atom is -0.443 e. The van der Waals surface area contributed by atoms with Gasteiger partial charge in [0, 0.05) is 143 Å². The van der Waals surface area contributed by atoms with Crippen molar-refractivity contribution in [2.24, 2.45) is 0 Å². The van der Waals surface area contributed by atoms with Gasteiger partial charge in [-0.05, 0) is 148 Å². The van der Waals surface area contributed by atoms with E-state index in [1.54, 1.807) is 64.4 Å². The standard InChI is InChI=1S/C24H23N3O5.C18H17NO3.C17H13N3O2.C16H16N2O2.C13H9NO.C12H9N.C11H9NO2.2CH4.B.FH.H2/c1-14(28)26-13-20(29)25-19(22(26)30)11-16-12-27(23(31)32-24(2,3)4)21-17-8-6-5-7-15(17)9-10-18(16)21;1-18(2,3)22-17(21)19-10-13(11-20)15-9-8-12-6-4-5-7-14(12)16(15)19;21-15-9-19-17(22)14(20-15)7-11-8-18-16-12-4-2-1-3-10(12)5-6-13(11)16;19-18(20)16-14(9-12-17-10-3-4-11-17)8-7-13-5-1-2-6-15(13)16;15-8-10-7-14-13-11-4-2-1-3-9(11)5-6-12(10)13;1-2-4-11-9(3-1)5-6-10-7-8-13-12(10)11;1-8-6-7-9-4-2-3-5-10(9)11(8)12(13)14;;;;;/h5-12H,13H2,1-4H3,(H,25,29);4-11H,1-3H3;1-8,18H,9H2,(H,19,22)(H,20,21);1-2,5-9,12H,3-4,10-11H2;1-8,14H;1-8,13H;2-7H,1H3;2*1H4;;2*1H/b19-11-;;14-7-;12-9+;;;;;;;;/i;;;;;;;;;;;1+1. The maximum absolute atomic E-state index is 13.0. The van der Waals surface area contributed by atoms with Crippen molar-refractivity contribution in [3.63, 3.8) is 0 Å². The molecule has 3 aliphatic rings. The molecule has 3 aliphatic heterocycles. The van der Waals surface area contributed by atoms with Gasteiger partial charge in [0.25, 0.3) is 23.2 Å². The lowest BCUT2D eigenvalue weighted by Crippen LogP contribution is -2.51. The number of amides is 5. The number of fused-ring (bicyclic) bond motifs is 17. The molecule has 3 fully saturated rings. The Bertz CT molecular complexity index is 8210. The molecule has 5 amide bonds. The number of carbonyl (C=O) groups excluding carboxylic acids is 9. The number of aromatic nitrogens is 5. The van der Waals surface area contributed by atoms with Gasteiger partial charge in [0.15, 0.2) is 12.6 Å². The van der Waals surface area contributed by atoms with Crippen molar-refractivity contribution in [3.8, 4) is 0 Å². The summed E-state index contributed by atoms with van der Waals surface area (Å²) in [5, 5.41) is 48.7. The summed E-state index contributed by atoms with van der Waals surface area (Å²) in [6.45, 7) is 15.6. The van der Waals surface area contributed by atoms with Crippen molar-refractivity contribution in [2.45, 2.75) is 94.3 Å². The molecule has 19 aromatic rings. The Balaban J connectivity index is 0.000000161. The Labute approximate surface area is 819 Å². The first-order valence-electron chi connectivity index (χ1n) is 44.7. The van der Waals surface area contributed by atoms with E-state index < -0.39 is 41.1 Å². The molecule has 3 saturated heterocycles. The molecule has 0 saturated carbocycles. The number of ether oxygens (including phenoxy) is 2. The number of hydrogen-bond acceptors (Lipinski definition) is 16. The van der Waals surface area contributed by atoms with Crippen molar-refractivity contribution in [1.82, 2.24) is 49.8 Å². The average molecular weight is 1900 g/mol. The number of likely N-dealkylation sites (tertiary alicyclic amines) is 1. The number of aldehydes is 2. The van der Waals surface area contributed by atoms with E-state index in [2.05, 4.69) is 103 Å². The highest BCUT2D eigenvalue weighted by atomic mass is 19.0. The number of aryl methyl sites for hydroxylation is 1. The second-order valence-electron chi connectivity index (χ2n) is 35.2. The number of piperazine rings is 2. The van der Waals surface area contributed by atoms with Gasteiger partial charge in [0.1, 0.15) is 29.1 Å². The molecule has 5 aromatic heterocycles. The summed E-state index contributed by atoms with van der Waals surface area (Å²) in [5.74, 6) is -2.06. The zero-order chi connectivity index (χ0) is 97.2. The van der Waals surface area contributed by atoms with Crippen LogP contribution < -0.4 is 16.0 Å². The lowest BCUT2D eigenvalue weighted by Gasteiger charge is -2.25. The van der Waals surface area contributed by atoms with E-state index in [9.17, 15) is 63.4 Å². The van der Waals surface area contributed by atoms with Gasteiger partial charge in [0.05, 0.1) is 60.3 Å². The number of nitro benzene ring substituents is 2. The van der Waals surface area contributed by atoms with Crippen molar-refractivity contribution in [2.75, 3.05) is 26.2 Å². The van der Waals surface area contributed by atoms with Gasteiger partial charge in [-0.2, -0.15) is 0 Å². The number of halogens is 1. The summed E-state index contributed by atoms with van der Waals surface area (Å²) in [6.07, 6.45) is 18.7. The lowest BCUT2D eigenvalue weighted by atomic mass is 10.0. The normalized spacial score (nSPS) is 13.4. The summed E-state index contributed by atoms with van der Waals surface area (Å²) in [6, 6.07) is 84.4. The fourth-order valence-corrected chi connectivity index (χ4v) is 17.1. The second-order valence-corrected chi connectivity index (χ2v) is 35.2. The van der Waals surface area contributed by atoms with Crippen LogP contribution >= 0.6 is 0 Å². The van der Waals surface area contributed by atoms with E-state index >= 15 is 0 Å². The molecule has 3 radical (unpaired) electrons. The van der Waals surface area contributed by atoms with Crippen LogP contribution in [0.15, 0.2) is 309 Å². The molecular formula is C113H107BFN12O15. The highest BCUT2D eigenvalue weighted by Crippen LogP contribution is 2.38. The van der Waals surface area contributed by atoms with Gasteiger partial charge in [0.2, 0.25) is 17.7 Å². The Morgan fingerprint density at radius 2 is 0.810 bits per heavy atom. The molecule has 0 bridgehead atoms. The molecule has 0 atom stereocenters.